The first kappa shape index (κ1) is 38.0. The van der Waals surface area contributed by atoms with Crippen LogP contribution in [0.5, 0.6) is 11.5 Å². The van der Waals surface area contributed by atoms with E-state index in [1.165, 1.54) is 39.7 Å². The Balaban J connectivity index is 1.24. The number of hydrogen-bond donors (Lipinski definition) is 2. The van der Waals surface area contributed by atoms with Crippen molar-refractivity contribution in [2.45, 2.75) is 59.0 Å². The Kier molecular flexibility index (Phi) is 12.3. The molecule has 2 N–H and O–H groups in total. The van der Waals surface area contributed by atoms with E-state index in [0.29, 0.717) is 11.3 Å². The van der Waals surface area contributed by atoms with Crippen LogP contribution in [-0.2, 0) is 6.42 Å². The van der Waals surface area contributed by atoms with Crippen LogP contribution in [0, 0.1) is 0 Å². The van der Waals surface area contributed by atoms with Gasteiger partial charge >= 0.3 is 230 Å². The quantitative estimate of drug-likeness (QED) is 0.0909. The number of fused-ring (bicyclic) bond motifs is 1. The van der Waals surface area contributed by atoms with Crippen molar-refractivity contribution in [1.29, 1.82) is 0 Å². The Labute approximate surface area is 316 Å². The second kappa shape index (κ2) is 17.4. The van der Waals surface area contributed by atoms with Crippen molar-refractivity contribution in [3.8, 4) is 22.8 Å². The van der Waals surface area contributed by atoms with Gasteiger partial charge in [-0.25, -0.2) is 9.59 Å². The molecule has 278 valence electrons. The molecule has 6 rings (SSSR count). The molecule has 6 aromatic rings. The molecule has 0 aliphatic heterocycles. The molecule has 2 amide bonds. The molecule has 0 radical (unpaired) electrons. The molecule has 0 saturated heterocycles. The van der Waals surface area contributed by atoms with Crippen molar-refractivity contribution >= 4 is 46.3 Å². The van der Waals surface area contributed by atoms with Crippen LogP contribution in [0.25, 0.3) is 22.3 Å². The van der Waals surface area contributed by atoms with Gasteiger partial charge in [0.2, 0.25) is 0 Å². The minimum atomic E-state index is -2.30. The van der Waals surface area contributed by atoms with E-state index in [1.807, 2.05) is 12.1 Å². The van der Waals surface area contributed by atoms with Crippen LogP contribution in [0.15, 0.2) is 143 Å². The number of rotatable bonds is 13. The summed E-state index contributed by atoms with van der Waals surface area (Å²) in [5.74, 6) is 0.0663. The van der Waals surface area contributed by atoms with Gasteiger partial charge in [-0.2, -0.15) is 0 Å². The number of hydrogen-bond acceptors (Lipinski definition) is 6. The van der Waals surface area contributed by atoms with E-state index in [9.17, 15) is 14.4 Å². The zero-order chi connectivity index (χ0) is 38.1. The van der Waals surface area contributed by atoms with Crippen molar-refractivity contribution in [2.75, 3.05) is 6.16 Å². The zero-order valence-corrected chi connectivity index (χ0v) is 32.1. The van der Waals surface area contributed by atoms with Gasteiger partial charge in [-0.15, -0.1) is 0 Å². The second-order valence-electron chi connectivity index (χ2n) is 14.0. The first-order valence-corrected chi connectivity index (χ1v) is 20.7. The molecular weight excluding hydrogens is 695 g/mol. The van der Waals surface area contributed by atoms with Crippen LogP contribution >= 0.6 is 7.26 Å². The van der Waals surface area contributed by atoms with E-state index < -0.39 is 19.4 Å². The normalized spacial score (nSPS) is 11.7. The number of carbonyl (C=O) groups excluding carboxylic acids is 2. The maximum atomic E-state index is 13.4. The van der Waals surface area contributed by atoms with Gasteiger partial charge in [-0.05, 0) is 39.8 Å². The fourth-order valence-electron chi connectivity index (χ4n) is 6.87. The van der Waals surface area contributed by atoms with Gasteiger partial charge in [0.05, 0.1) is 0 Å². The summed E-state index contributed by atoms with van der Waals surface area (Å²) in [5, 5.41) is 9.72. The van der Waals surface area contributed by atoms with Crippen LogP contribution in [0.1, 0.15) is 46.1 Å². The van der Waals surface area contributed by atoms with E-state index >= 15 is 0 Å². The van der Waals surface area contributed by atoms with Gasteiger partial charge < -0.3 is 20.1 Å². The van der Waals surface area contributed by atoms with Crippen LogP contribution in [-0.4, -0.2) is 30.4 Å². The van der Waals surface area contributed by atoms with E-state index in [2.05, 4.69) is 114 Å². The molecule has 0 aliphatic carbocycles. The number of aryl methyl sites for hydroxylation is 1. The number of benzene rings is 5. The Morgan fingerprint density at radius 2 is 1.17 bits per heavy atom. The van der Waals surface area contributed by atoms with Gasteiger partial charge in [0, 0.05) is 12.1 Å². The number of nitrogens with one attached hydrogen (secondary N) is 2. The Hall–Kier alpha value is -5.72. The molecule has 0 fully saturated rings. The SMILES string of the molecule is CC(C)NC(=O)Oc1ccc2c(=O)cc(-c3ccc(CCCC[PH](c4ccccc4)(c4ccccc4)c4ccccc4)cc3)oc2c1OC(=O)NC(C)C. The predicted octanol–water partition coefficient (Wildman–Crippen LogP) is 8.50. The van der Waals surface area contributed by atoms with Gasteiger partial charge in [0.25, 0.3) is 0 Å². The van der Waals surface area contributed by atoms with Crippen LogP contribution in [0.3, 0.4) is 0 Å². The number of ether oxygens (including phenoxy) is 2. The van der Waals surface area contributed by atoms with E-state index in [4.69, 9.17) is 13.9 Å². The topological polar surface area (TPSA) is 107 Å². The fraction of sp³-hybridized carbons (Fsp3) is 0.222. The molecule has 0 spiro atoms. The summed E-state index contributed by atoms with van der Waals surface area (Å²) in [6, 6.07) is 44.8. The van der Waals surface area contributed by atoms with Gasteiger partial charge in [0.1, 0.15) is 0 Å². The van der Waals surface area contributed by atoms with Gasteiger partial charge in [0.15, 0.2) is 5.75 Å². The molecule has 0 bridgehead atoms. The molecule has 9 heteroatoms. The predicted molar refractivity (Wildman–Crippen MR) is 221 cm³/mol. The summed E-state index contributed by atoms with van der Waals surface area (Å²) in [7, 11) is -2.30. The zero-order valence-electron chi connectivity index (χ0n) is 31.1. The first-order chi connectivity index (χ1) is 26.1. The molecule has 0 atom stereocenters. The molecule has 1 heterocycles. The molecule has 0 saturated carbocycles. The third kappa shape index (κ3) is 8.90. The van der Waals surface area contributed by atoms with Crippen LogP contribution < -0.4 is 41.4 Å². The smallest absolute Gasteiger partial charge is 0.402 e. The standard InChI is InChI=1S/C45H47N2O6P/c1-31(2)46-44(49)52-40-28-27-38-39(48)30-41(51-42(38)43(40)53-45(50)47-32(3)4)34-25-23-33(24-26-34)16-14-15-29-54(35-17-8-5-9-18-35,36-19-10-6-11-20-36)37-21-12-7-13-22-37/h5-13,17-28,30-32,54H,14-16,29H2,1-4H3,(H,46,49)(H,47,50). The Bertz CT molecular complexity index is 2140. The summed E-state index contributed by atoms with van der Waals surface area (Å²) in [6.45, 7) is 7.16. The van der Waals surface area contributed by atoms with Crippen LogP contribution in [0.2, 0.25) is 0 Å². The maximum absolute atomic E-state index is 13.4. The average molecular weight is 743 g/mol. The molecule has 1 aromatic heterocycles. The summed E-state index contributed by atoms with van der Waals surface area (Å²) in [4.78, 5) is 38.6. The van der Waals surface area contributed by atoms with Crippen molar-refractivity contribution < 1.29 is 23.5 Å². The summed E-state index contributed by atoms with van der Waals surface area (Å²) in [5.41, 5.74) is 1.53. The average Bonchev–Trinajstić information content (AvgIpc) is 3.16. The summed E-state index contributed by atoms with van der Waals surface area (Å²) >= 11 is 0. The molecule has 0 unspecified atom stereocenters. The minimum Gasteiger partial charge on any atom is -0.402 e. The molecular formula is C45H47N2O6P. The number of unbranched alkanes of at least 4 members (excludes halogenated alkanes) is 1. The Morgan fingerprint density at radius 1 is 0.648 bits per heavy atom. The molecule has 54 heavy (non-hydrogen) atoms. The van der Waals surface area contributed by atoms with E-state index in [-0.39, 0.29) is 40.0 Å². The monoisotopic (exact) mass is 742 g/mol. The molecule has 0 aliphatic rings. The van der Waals surface area contributed by atoms with Crippen molar-refractivity contribution in [1.82, 2.24) is 10.6 Å². The third-order valence-corrected chi connectivity index (χ3v) is 14.4. The fourth-order valence-corrected chi connectivity index (χ4v) is 11.8. The Morgan fingerprint density at radius 3 is 1.69 bits per heavy atom. The van der Waals surface area contributed by atoms with Crippen molar-refractivity contribution in [3.63, 3.8) is 0 Å². The van der Waals surface area contributed by atoms with Gasteiger partial charge in [-0.3, -0.25) is 0 Å². The molecule has 8 nitrogen and oxygen atoms in total. The number of carbonyl (C=O) groups is 2. The second-order valence-corrected chi connectivity index (χ2v) is 18.1. The summed E-state index contributed by atoms with van der Waals surface area (Å²) < 4.78 is 17.4. The molecule has 5 aromatic carbocycles. The third-order valence-electron chi connectivity index (χ3n) is 9.33. The van der Waals surface area contributed by atoms with Crippen LogP contribution in [0.4, 0.5) is 9.59 Å². The van der Waals surface area contributed by atoms with Crippen molar-refractivity contribution in [3.05, 3.63) is 149 Å². The van der Waals surface area contributed by atoms with Gasteiger partial charge in [-0.1, -0.05) is 0 Å². The number of amides is 2. The first-order valence-electron chi connectivity index (χ1n) is 18.5. The van der Waals surface area contributed by atoms with E-state index in [1.54, 1.807) is 27.7 Å². The van der Waals surface area contributed by atoms with E-state index in [0.717, 1.165) is 25.4 Å². The summed E-state index contributed by atoms with van der Waals surface area (Å²) in [6.07, 6.45) is 2.53. The van der Waals surface area contributed by atoms with Crippen molar-refractivity contribution in [2.24, 2.45) is 0 Å². The minimum absolute atomic E-state index is 0.00164.